The van der Waals surface area contributed by atoms with E-state index in [4.69, 9.17) is 4.74 Å². The minimum absolute atomic E-state index is 0.0511. The zero-order valence-electron chi connectivity index (χ0n) is 14.2. The molecule has 0 bridgehead atoms. The Kier molecular flexibility index (Phi) is 4.99. The summed E-state index contributed by atoms with van der Waals surface area (Å²) in [5.41, 5.74) is 1.34. The standard InChI is InChI=1S/C18H13FN4O3S2/c19-13-5-1-6-14(10-13)26-18-12(4-3-9-20-18)11-21-28(24,25)16-8-2-7-15-17(16)23-27-22-15/h1-10,21H,11H2. The van der Waals surface area contributed by atoms with Gasteiger partial charge in [-0.2, -0.15) is 8.75 Å². The maximum Gasteiger partial charge on any atom is 0.243 e. The fraction of sp³-hybridized carbons (Fsp3) is 0.0556. The van der Waals surface area contributed by atoms with E-state index in [9.17, 15) is 12.8 Å². The molecule has 0 fully saturated rings. The van der Waals surface area contributed by atoms with Crippen LogP contribution in [0.2, 0.25) is 0 Å². The number of hydrogen-bond acceptors (Lipinski definition) is 7. The van der Waals surface area contributed by atoms with Gasteiger partial charge in [-0.1, -0.05) is 18.2 Å². The summed E-state index contributed by atoms with van der Waals surface area (Å²) in [7, 11) is -3.84. The molecule has 142 valence electrons. The van der Waals surface area contributed by atoms with Gasteiger partial charge < -0.3 is 4.74 Å². The first-order chi connectivity index (χ1) is 13.5. The van der Waals surface area contributed by atoms with Crippen molar-refractivity contribution in [3.8, 4) is 11.6 Å². The highest BCUT2D eigenvalue weighted by molar-refractivity contribution is 7.89. The summed E-state index contributed by atoms with van der Waals surface area (Å²) < 4.78 is 55.1. The number of nitrogens with zero attached hydrogens (tertiary/aromatic N) is 3. The molecule has 0 radical (unpaired) electrons. The van der Waals surface area contributed by atoms with E-state index in [1.807, 2.05) is 0 Å². The van der Waals surface area contributed by atoms with Gasteiger partial charge in [-0.3, -0.25) is 0 Å². The molecule has 0 saturated carbocycles. The normalized spacial score (nSPS) is 11.6. The van der Waals surface area contributed by atoms with Crippen molar-refractivity contribution in [3.05, 3.63) is 72.2 Å². The zero-order valence-corrected chi connectivity index (χ0v) is 15.9. The van der Waals surface area contributed by atoms with Crippen LogP contribution in [0.1, 0.15) is 5.56 Å². The van der Waals surface area contributed by atoms with Crippen molar-refractivity contribution in [2.24, 2.45) is 0 Å². The van der Waals surface area contributed by atoms with Gasteiger partial charge in [-0.15, -0.1) is 0 Å². The summed E-state index contributed by atoms with van der Waals surface area (Å²) in [5.74, 6) is 0.00565. The number of ether oxygens (including phenoxy) is 1. The molecule has 2 aromatic carbocycles. The molecular formula is C18H13FN4O3S2. The first-order valence-corrected chi connectivity index (χ1v) is 10.3. The van der Waals surface area contributed by atoms with Gasteiger partial charge in [0.05, 0.1) is 11.7 Å². The molecule has 28 heavy (non-hydrogen) atoms. The third kappa shape index (κ3) is 3.84. The third-order valence-corrected chi connectivity index (χ3v) is 5.83. The number of halogens is 1. The van der Waals surface area contributed by atoms with E-state index >= 15 is 0 Å². The fourth-order valence-electron chi connectivity index (χ4n) is 2.54. The lowest BCUT2D eigenvalue weighted by molar-refractivity contribution is 0.451. The van der Waals surface area contributed by atoms with Gasteiger partial charge in [0.15, 0.2) is 0 Å². The summed E-state index contributed by atoms with van der Waals surface area (Å²) >= 11 is 0.950. The van der Waals surface area contributed by atoms with E-state index in [2.05, 4.69) is 18.5 Å². The fourth-order valence-corrected chi connectivity index (χ4v) is 4.31. The molecule has 0 aliphatic carbocycles. The molecule has 0 saturated heterocycles. The number of fused-ring (bicyclic) bond motifs is 1. The van der Waals surface area contributed by atoms with Crippen LogP contribution >= 0.6 is 11.7 Å². The highest BCUT2D eigenvalue weighted by Crippen LogP contribution is 2.25. The minimum Gasteiger partial charge on any atom is -0.439 e. The van der Waals surface area contributed by atoms with Crippen LogP contribution in [0.3, 0.4) is 0 Å². The second-order valence-corrected chi connectivity index (χ2v) is 8.00. The summed E-state index contributed by atoms with van der Waals surface area (Å²) in [6, 6.07) is 13.7. The number of benzene rings is 2. The molecule has 4 rings (SSSR count). The van der Waals surface area contributed by atoms with Gasteiger partial charge >= 0.3 is 0 Å². The Morgan fingerprint density at radius 2 is 1.93 bits per heavy atom. The molecule has 2 heterocycles. The monoisotopic (exact) mass is 416 g/mol. The molecule has 1 N–H and O–H groups in total. The second-order valence-electron chi connectivity index (χ2n) is 5.74. The van der Waals surface area contributed by atoms with E-state index in [0.29, 0.717) is 16.6 Å². The van der Waals surface area contributed by atoms with Crippen molar-refractivity contribution in [1.82, 2.24) is 18.5 Å². The van der Waals surface area contributed by atoms with E-state index in [1.54, 1.807) is 30.3 Å². The summed E-state index contributed by atoms with van der Waals surface area (Å²) in [5, 5.41) is 0. The van der Waals surface area contributed by atoms with E-state index in [0.717, 1.165) is 11.7 Å². The molecule has 0 atom stereocenters. The average molecular weight is 416 g/mol. The molecule has 0 unspecified atom stereocenters. The summed E-state index contributed by atoms with van der Waals surface area (Å²) in [6.07, 6.45) is 1.51. The van der Waals surface area contributed by atoms with Gasteiger partial charge in [0.1, 0.15) is 27.5 Å². The highest BCUT2D eigenvalue weighted by atomic mass is 32.2. The van der Waals surface area contributed by atoms with Crippen molar-refractivity contribution in [1.29, 1.82) is 0 Å². The van der Waals surface area contributed by atoms with Crippen molar-refractivity contribution in [3.63, 3.8) is 0 Å². The Balaban J connectivity index is 1.57. The van der Waals surface area contributed by atoms with Gasteiger partial charge in [-0.05, 0) is 30.3 Å². The number of pyridine rings is 1. The van der Waals surface area contributed by atoms with Gasteiger partial charge in [-0.25, -0.2) is 22.5 Å². The van der Waals surface area contributed by atoms with Crippen molar-refractivity contribution in [2.45, 2.75) is 11.4 Å². The van der Waals surface area contributed by atoms with Gasteiger partial charge in [0.25, 0.3) is 0 Å². The van der Waals surface area contributed by atoms with Crippen molar-refractivity contribution < 1.29 is 17.5 Å². The number of aromatic nitrogens is 3. The van der Waals surface area contributed by atoms with Gasteiger partial charge in [0, 0.05) is 24.4 Å². The Morgan fingerprint density at radius 1 is 1.07 bits per heavy atom. The molecule has 10 heteroatoms. The molecule has 0 spiro atoms. The van der Waals surface area contributed by atoms with Gasteiger partial charge in [0.2, 0.25) is 15.9 Å². The van der Waals surface area contributed by atoms with Crippen LogP contribution in [0.25, 0.3) is 11.0 Å². The Labute approximate surface area is 164 Å². The highest BCUT2D eigenvalue weighted by Gasteiger charge is 2.20. The van der Waals surface area contributed by atoms with Crippen molar-refractivity contribution >= 4 is 32.8 Å². The summed E-state index contributed by atoms with van der Waals surface area (Å²) in [6.45, 7) is -0.0607. The lowest BCUT2D eigenvalue weighted by Crippen LogP contribution is -2.23. The minimum atomic E-state index is -3.84. The third-order valence-electron chi connectivity index (χ3n) is 3.85. The molecular weight excluding hydrogens is 403 g/mol. The number of sulfonamides is 1. The number of hydrogen-bond donors (Lipinski definition) is 1. The first-order valence-electron chi connectivity index (χ1n) is 8.11. The average Bonchev–Trinajstić information content (AvgIpc) is 3.16. The maximum atomic E-state index is 13.4. The molecule has 0 aliphatic heterocycles. The van der Waals surface area contributed by atoms with E-state index in [1.165, 1.54) is 30.5 Å². The quantitative estimate of drug-likeness (QED) is 0.517. The lowest BCUT2D eigenvalue weighted by atomic mass is 10.3. The summed E-state index contributed by atoms with van der Waals surface area (Å²) in [4.78, 5) is 4.17. The Bertz CT molecular complexity index is 1240. The predicted octanol–water partition coefficient (Wildman–Crippen LogP) is 3.50. The van der Waals surface area contributed by atoms with Crippen LogP contribution in [-0.2, 0) is 16.6 Å². The smallest absolute Gasteiger partial charge is 0.243 e. The van der Waals surface area contributed by atoms with E-state index < -0.39 is 15.8 Å². The Hall–Kier alpha value is -2.95. The largest absolute Gasteiger partial charge is 0.439 e. The lowest BCUT2D eigenvalue weighted by Gasteiger charge is -2.11. The van der Waals surface area contributed by atoms with Crippen LogP contribution in [0.4, 0.5) is 4.39 Å². The molecule has 0 amide bonds. The molecule has 0 aliphatic rings. The Morgan fingerprint density at radius 3 is 2.79 bits per heavy atom. The molecule has 2 aromatic heterocycles. The SMILES string of the molecule is O=S(=O)(NCc1cccnc1Oc1cccc(F)c1)c1cccc2nsnc12. The van der Waals surface area contributed by atoms with Crippen molar-refractivity contribution in [2.75, 3.05) is 0 Å². The van der Waals surface area contributed by atoms with Crippen LogP contribution in [0.5, 0.6) is 11.6 Å². The van der Waals surface area contributed by atoms with E-state index in [-0.39, 0.29) is 23.1 Å². The predicted molar refractivity (Wildman–Crippen MR) is 102 cm³/mol. The first kappa shape index (κ1) is 18.4. The maximum absolute atomic E-state index is 13.4. The number of nitrogens with one attached hydrogen (secondary N) is 1. The van der Waals surface area contributed by atoms with Crippen LogP contribution < -0.4 is 9.46 Å². The van der Waals surface area contributed by atoms with Crippen LogP contribution in [-0.4, -0.2) is 22.1 Å². The van der Waals surface area contributed by atoms with Crippen LogP contribution in [0, 0.1) is 5.82 Å². The zero-order chi connectivity index (χ0) is 19.6. The van der Waals surface area contributed by atoms with Crippen LogP contribution in [0.15, 0.2) is 65.7 Å². The molecule has 7 nitrogen and oxygen atoms in total. The number of rotatable bonds is 6. The second kappa shape index (κ2) is 7.58. The molecule has 4 aromatic rings. The topological polar surface area (TPSA) is 94.1 Å².